The van der Waals surface area contributed by atoms with Crippen LogP contribution in [0.5, 0.6) is 5.75 Å². The molecule has 0 aromatic heterocycles. The third-order valence-corrected chi connectivity index (χ3v) is 5.58. The summed E-state index contributed by atoms with van der Waals surface area (Å²) in [6.07, 6.45) is 3.06. The molecule has 0 amide bonds. The number of carbonyl (C=O) groups excluding carboxylic acids is 2. The summed E-state index contributed by atoms with van der Waals surface area (Å²) in [7, 11) is 1.56. The SMILES string of the molecule is COc1ccc(C2(O)C(=O)C(C(=O)c3ccccc3)=C2N2CCCCC2)cc1. The van der Waals surface area contributed by atoms with E-state index in [1.165, 1.54) is 0 Å². The van der Waals surface area contributed by atoms with Crippen LogP contribution in [-0.2, 0) is 10.4 Å². The molecule has 144 valence electrons. The second-order valence-electron chi connectivity index (χ2n) is 7.23. The summed E-state index contributed by atoms with van der Waals surface area (Å²) in [6, 6.07) is 15.6. The summed E-state index contributed by atoms with van der Waals surface area (Å²) in [4.78, 5) is 28.2. The average molecular weight is 377 g/mol. The standard InChI is InChI=1S/C23H23NO4/c1-28-18-12-10-17(11-13-18)23(27)21(24-14-6-3-7-15-24)19(22(23)26)20(25)16-8-4-2-5-9-16/h2,4-5,8-13,27H,3,6-7,14-15H2,1H3. The van der Waals surface area contributed by atoms with Gasteiger partial charge in [-0.25, -0.2) is 0 Å². The number of hydrogen-bond acceptors (Lipinski definition) is 5. The van der Waals surface area contributed by atoms with Gasteiger partial charge in [0.2, 0.25) is 5.78 Å². The number of aliphatic hydroxyl groups is 1. The summed E-state index contributed by atoms with van der Waals surface area (Å²) >= 11 is 0. The summed E-state index contributed by atoms with van der Waals surface area (Å²) in [5.41, 5.74) is -0.327. The number of likely N-dealkylation sites (tertiary alicyclic amines) is 1. The number of piperidine rings is 1. The lowest BCUT2D eigenvalue weighted by Crippen LogP contribution is -2.56. The van der Waals surface area contributed by atoms with E-state index < -0.39 is 11.4 Å². The lowest BCUT2D eigenvalue weighted by molar-refractivity contribution is -0.137. The Balaban J connectivity index is 1.81. The van der Waals surface area contributed by atoms with Crippen LogP contribution < -0.4 is 4.74 Å². The van der Waals surface area contributed by atoms with Crippen molar-refractivity contribution in [1.82, 2.24) is 4.90 Å². The van der Waals surface area contributed by atoms with Crippen molar-refractivity contribution in [3.05, 3.63) is 77.0 Å². The van der Waals surface area contributed by atoms with Crippen molar-refractivity contribution >= 4 is 11.6 Å². The Labute approximate surface area is 164 Å². The largest absolute Gasteiger partial charge is 0.497 e. The Hall–Kier alpha value is -2.92. The number of ether oxygens (including phenoxy) is 1. The van der Waals surface area contributed by atoms with E-state index in [1.807, 2.05) is 11.0 Å². The quantitative estimate of drug-likeness (QED) is 0.641. The zero-order valence-electron chi connectivity index (χ0n) is 15.9. The highest BCUT2D eigenvalue weighted by atomic mass is 16.5. The van der Waals surface area contributed by atoms with E-state index in [1.54, 1.807) is 55.6 Å². The summed E-state index contributed by atoms with van der Waals surface area (Å²) < 4.78 is 5.18. The molecule has 1 aliphatic carbocycles. The second-order valence-corrected chi connectivity index (χ2v) is 7.23. The van der Waals surface area contributed by atoms with Gasteiger partial charge < -0.3 is 14.7 Å². The molecule has 1 atom stereocenters. The minimum atomic E-state index is -1.79. The summed E-state index contributed by atoms with van der Waals surface area (Å²) in [5.74, 6) is -0.223. The Kier molecular flexibility index (Phi) is 4.77. The molecule has 1 N–H and O–H groups in total. The molecule has 0 bridgehead atoms. The van der Waals surface area contributed by atoms with Gasteiger partial charge in [-0.15, -0.1) is 0 Å². The molecule has 4 rings (SSSR count). The number of benzene rings is 2. The van der Waals surface area contributed by atoms with Crippen molar-refractivity contribution in [2.45, 2.75) is 24.9 Å². The molecule has 5 nitrogen and oxygen atoms in total. The fraction of sp³-hybridized carbons (Fsp3) is 0.304. The third-order valence-electron chi connectivity index (χ3n) is 5.58. The van der Waals surface area contributed by atoms with Gasteiger partial charge in [0, 0.05) is 18.7 Å². The predicted octanol–water partition coefficient (Wildman–Crippen LogP) is 3.09. The van der Waals surface area contributed by atoms with E-state index >= 15 is 0 Å². The van der Waals surface area contributed by atoms with Gasteiger partial charge >= 0.3 is 0 Å². The van der Waals surface area contributed by atoms with Gasteiger partial charge in [0.05, 0.1) is 18.4 Å². The van der Waals surface area contributed by atoms with E-state index in [-0.39, 0.29) is 11.4 Å². The summed E-state index contributed by atoms with van der Waals surface area (Å²) in [6.45, 7) is 1.46. The van der Waals surface area contributed by atoms with E-state index in [4.69, 9.17) is 4.74 Å². The van der Waals surface area contributed by atoms with Crippen LogP contribution in [0.15, 0.2) is 65.9 Å². The van der Waals surface area contributed by atoms with Crippen LogP contribution in [0.3, 0.4) is 0 Å². The smallest absolute Gasteiger partial charge is 0.211 e. The van der Waals surface area contributed by atoms with Gasteiger partial charge in [-0.2, -0.15) is 0 Å². The Morgan fingerprint density at radius 2 is 1.64 bits per heavy atom. The molecule has 1 saturated heterocycles. The van der Waals surface area contributed by atoms with Crippen molar-refractivity contribution in [3.63, 3.8) is 0 Å². The fourth-order valence-electron chi connectivity index (χ4n) is 4.06. The van der Waals surface area contributed by atoms with Gasteiger partial charge in [-0.3, -0.25) is 9.59 Å². The van der Waals surface area contributed by atoms with Gasteiger partial charge in [0.1, 0.15) is 5.75 Å². The molecule has 0 radical (unpaired) electrons. The number of Topliss-reactive ketones (excluding diaryl/α,β-unsaturated/α-hetero) is 2. The number of carbonyl (C=O) groups is 2. The number of methoxy groups -OCH3 is 1. The zero-order valence-corrected chi connectivity index (χ0v) is 15.9. The molecule has 28 heavy (non-hydrogen) atoms. The maximum Gasteiger partial charge on any atom is 0.211 e. The molecule has 5 heteroatoms. The van der Waals surface area contributed by atoms with Crippen molar-refractivity contribution in [1.29, 1.82) is 0 Å². The van der Waals surface area contributed by atoms with E-state index in [9.17, 15) is 14.7 Å². The lowest BCUT2D eigenvalue weighted by Gasteiger charge is -2.46. The molecule has 1 fully saturated rings. The maximum atomic E-state index is 13.1. The van der Waals surface area contributed by atoms with Gasteiger partial charge in [0.25, 0.3) is 0 Å². The normalized spacial score (nSPS) is 22.1. The van der Waals surface area contributed by atoms with Gasteiger partial charge in [0.15, 0.2) is 11.4 Å². The van der Waals surface area contributed by atoms with Gasteiger partial charge in [-0.05, 0) is 37.0 Å². The van der Waals surface area contributed by atoms with Crippen LogP contribution in [-0.4, -0.2) is 41.8 Å². The minimum absolute atomic E-state index is 0.103. The average Bonchev–Trinajstić information content (AvgIpc) is 2.77. The van der Waals surface area contributed by atoms with Crippen LogP contribution in [0.2, 0.25) is 0 Å². The molecule has 2 aromatic rings. The summed E-state index contributed by atoms with van der Waals surface area (Å²) in [5, 5.41) is 11.4. The van der Waals surface area contributed by atoms with Crippen LogP contribution in [0, 0.1) is 0 Å². The Bertz CT molecular complexity index is 927. The number of rotatable bonds is 5. The first-order valence-electron chi connectivity index (χ1n) is 9.58. The van der Waals surface area contributed by atoms with Crippen molar-refractivity contribution in [3.8, 4) is 5.75 Å². The second kappa shape index (κ2) is 7.24. The molecule has 2 aromatic carbocycles. The van der Waals surface area contributed by atoms with Crippen LogP contribution >= 0.6 is 0 Å². The molecule has 1 aliphatic heterocycles. The minimum Gasteiger partial charge on any atom is -0.497 e. The molecular weight excluding hydrogens is 354 g/mol. The molecule has 1 unspecified atom stereocenters. The molecular formula is C23H23NO4. The first kappa shape index (κ1) is 18.4. The first-order chi connectivity index (χ1) is 13.6. The van der Waals surface area contributed by atoms with E-state index in [0.717, 1.165) is 32.4 Å². The van der Waals surface area contributed by atoms with Gasteiger partial charge in [-0.1, -0.05) is 42.5 Å². The maximum absolute atomic E-state index is 13.1. The Morgan fingerprint density at radius 3 is 2.25 bits per heavy atom. The highest BCUT2D eigenvalue weighted by Gasteiger charge is 2.58. The predicted molar refractivity (Wildman–Crippen MR) is 105 cm³/mol. The first-order valence-corrected chi connectivity index (χ1v) is 9.58. The Morgan fingerprint density at radius 1 is 1.00 bits per heavy atom. The topological polar surface area (TPSA) is 66.8 Å². The van der Waals surface area contributed by atoms with Crippen molar-refractivity contribution in [2.24, 2.45) is 0 Å². The highest BCUT2D eigenvalue weighted by Crippen LogP contribution is 2.47. The number of ketones is 2. The molecule has 2 aliphatic rings. The van der Waals surface area contributed by atoms with E-state index in [2.05, 4.69) is 0 Å². The lowest BCUT2D eigenvalue weighted by atomic mass is 9.68. The van der Waals surface area contributed by atoms with Crippen LogP contribution in [0.25, 0.3) is 0 Å². The number of nitrogens with zero attached hydrogens (tertiary/aromatic N) is 1. The van der Waals surface area contributed by atoms with Crippen molar-refractivity contribution in [2.75, 3.05) is 20.2 Å². The van der Waals surface area contributed by atoms with E-state index in [0.29, 0.717) is 22.6 Å². The molecule has 1 heterocycles. The fourth-order valence-corrected chi connectivity index (χ4v) is 4.06. The monoisotopic (exact) mass is 377 g/mol. The molecule has 0 spiro atoms. The van der Waals surface area contributed by atoms with Crippen molar-refractivity contribution < 1.29 is 19.4 Å². The van der Waals surface area contributed by atoms with Crippen LogP contribution in [0.4, 0.5) is 0 Å². The van der Waals surface area contributed by atoms with Crippen LogP contribution in [0.1, 0.15) is 35.2 Å². The number of hydrogen-bond donors (Lipinski definition) is 1. The highest BCUT2D eigenvalue weighted by molar-refractivity contribution is 6.34. The molecule has 0 saturated carbocycles. The third kappa shape index (κ3) is 2.83. The zero-order chi connectivity index (χ0) is 19.7.